The Morgan fingerprint density at radius 2 is 2.05 bits per heavy atom. The lowest BCUT2D eigenvalue weighted by molar-refractivity contribution is 0.0650. The van der Waals surface area contributed by atoms with Crippen molar-refractivity contribution in [1.82, 2.24) is 10.6 Å². The van der Waals surface area contributed by atoms with Gasteiger partial charge in [0, 0.05) is 13.1 Å². The van der Waals surface area contributed by atoms with Gasteiger partial charge in [0.25, 0.3) is 0 Å². The number of amides is 2. The Hall–Kier alpha value is -1.75. The third kappa shape index (κ3) is 6.80. The van der Waals surface area contributed by atoms with E-state index in [1.807, 2.05) is 45.0 Å². The van der Waals surface area contributed by atoms with Crippen LogP contribution in [-0.4, -0.2) is 37.4 Å². The fourth-order valence-corrected chi connectivity index (χ4v) is 1.88. The highest BCUT2D eigenvalue weighted by Gasteiger charge is 2.22. The predicted octanol–water partition coefficient (Wildman–Crippen LogP) is 2.33. The van der Waals surface area contributed by atoms with E-state index in [4.69, 9.17) is 4.74 Å². The van der Waals surface area contributed by atoms with Gasteiger partial charge in [-0.05, 0) is 36.0 Å². The van der Waals surface area contributed by atoms with E-state index in [1.165, 1.54) is 5.56 Å². The lowest BCUT2D eigenvalue weighted by Gasteiger charge is -2.25. The van der Waals surface area contributed by atoms with Crippen LogP contribution in [0.5, 0.6) is 5.75 Å². The molecule has 5 heteroatoms. The van der Waals surface area contributed by atoms with Crippen molar-refractivity contribution in [3.8, 4) is 5.75 Å². The van der Waals surface area contributed by atoms with E-state index in [-0.39, 0.29) is 18.0 Å². The summed E-state index contributed by atoms with van der Waals surface area (Å²) in [6.07, 6.45) is 1.17. The zero-order valence-corrected chi connectivity index (χ0v) is 14.0. The van der Waals surface area contributed by atoms with Crippen LogP contribution < -0.4 is 15.4 Å². The first-order chi connectivity index (χ1) is 10.3. The first-order valence-electron chi connectivity index (χ1n) is 7.65. The number of hydrogen-bond donors (Lipinski definition) is 3. The number of aryl methyl sites for hydroxylation is 1. The third-order valence-electron chi connectivity index (χ3n) is 3.52. The summed E-state index contributed by atoms with van der Waals surface area (Å²) in [4.78, 5) is 11.6. The Morgan fingerprint density at radius 1 is 1.32 bits per heavy atom. The molecular weight excluding hydrogens is 280 g/mol. The number of rotatable bonds is 7. The number of aliphatic hydroxyl groups excluding tert-OH is 1. The number of carbonyl (C=O) groups excluding carboxylic acids is 1. The molecule has 1 aromatic carbocycles. The van der Waals surface area contributed by atoms with Crippen molar-refractivity contribution in [3.63, 3.8) is 0 Å². The Bertz CT molecular complexity index is 469. The molecule has 124 valence electrons. The number of aliphatic hydroxyl groups is 1. The minimum absolute atomic E-state index is 0.236. The van der Waals surface area contributed by atoms with Crippen LogP contribution in [-0.2, 0) is 6.42 Å². The molecule has 5 nitrogen and oxygen atoms in total. The van der Waals surface area contributed by atoms with Crippen LogP contribution in [0, 0.1) is 5.41 Å². The van der Waals surface area contributed by atoms with Crippen LogP contribution in [0.4, 0.5) is 4.79 Å². The molecule has 1 rings (SSSR count). The molecule has 1 atom stereocenters. The molecule has 1 aromatic rings. The second-order valence-corrected chi connectivity index (χ2v) is 6.47. The van der Waals surface area contributed by atoms with E-state index >= 15 is 0 Å². The topological polar surface area (TPSA) is 70.6 Å². The van der Waals surface area contributed by atoms with Crippen molar-refractivity contribution in [2.75, 3.05) is 20.2 Å². The molecule has 0 fully saturated rings. The van der Waals surface area contributed by atoms with Gasteiger partial charge in [-0.1, -0.05) is 32.9 Å². The number of urea groups is 1. The van der Waals surface area contributed by atoms with Gasteiger partial charge in [-0.2, -0.15) is 0 Å². The summed E-state index contributed by atoms with van der Waals surface area (Å²) in [7, 11) is 1.65. The number of methoxy groups -OCH3 is 1. The highest BCUT2D eigenvalue weighted by molar-refractivity contribution is 5.73. The highest BCUT2D eigenvalue weighted by Crippen LogP contribution is 2.18. The van der Waals surface area contributed by atoms with Gasteiger partial charge >= 0.3 is 6.03 Å². The van der Waals surface area contributed by atoms with Crippen LogP contribution in [0.3, 0.4) is 0 Å². The Kier molecular flexibility index (Phi) is 7.18. The quantitative estimate of drug-likeness (QED) is 0.677. The van der Waals surface area contributed by atoms with Gasteiger partial charge in [-0.25, -0.2) is 4.79 Å². The summed E-state index contributed by atoms with van der Waals surface area (Å²) < 4.78 is 5.18. The van der Waals surface area contributed by atoms with Gasteiger partial charge in [0.2, 0.25) is 0 Å². The summed E-state index contributed by atoms with van der Waals surface area (Å²) in [6, 6.07) is 7.67. The molecule has 0 heterocycles. The average Bonchev–Trinajstić information content (AvgIpc) is 2.48. The number of carbonyl (C=O) groups is 1. The summed E-state index contributed by atoms with van der Waals surface area (Å²) in [5.41, 5.74) is 0.948. The van der Waals surface area contributed by atoms with Crippen LogP contribution in [0.25, 0.3) is 0 Å². The molecule has 0 aliphatic rings. The average molecular weight is 308 g/mol. The molecule has 1 unspecified atom stereocenters. The van der Waals surface area contributed by atoms with Gasteiger partial charge in [-0.3, -0.25) is 0 Å². The fraction of sp³-hybridized carbons (Fsp3) is 0.588. The van der Waals surface area contributed by atoms with Crippen molar-refractivity contribution in [2.45, 2.75) is 39.7 Å². The molecule has 0 saturated carbocycles. The molecule has 0 spiro atoms. The van der Waals surface area contributed by atoms with Crippen molar-refractivity contribution in [2.24, 2.45) is 5.41 Å². The minimum atomic E-state index is -0.560. The molecule has 3 N–H and O–H groups in total. The largest absolute Gasteiger partial charge is 0.497 e. The summed E-state index contributed by atoms with van der Waals surface area (Å²) >= 11 is 0. The van der Waals surface area contributed by atoms with Crippen LogP contribution >= 0.6 is 0 Å². The lowest BCUT2D eigenvalue weighted by atomic mass is 9.89. The zero-order chi connectivity index (χ0) is 16.6. The Morgan fingerprint density at radius 3 is 2.68 bits per heavy atom. The molecule has 0 aromatic heterocycles. The van der Waals surface area contributed by atoms with E-state index in [1.54, 1.807) is 7.11 Å². The van der Waals surface area contributed by atoms with Crippen molar-refractivity contribution < 1.29 is 14.6 Å². The van der Waals surface area contributed by atoms with Crippen LogP contribution in [0.1, 0.15) is 32.8 Å². The number of benzene rings is 1. The number of nitrogens with one attached hydrogen (secondary N) is 2. The van der Waals surface area contributed by atoms with Gasteiger partial charge < -0.3 is 20.5 Å². The van der Waals surface area contributed by atoms with Crippen molar-refractivity contribution in [3.05, 3.63) is 29.8 Å². The van der Waals surface area contributed by atoms with Crippen LogP contribution in [0.15, 0.2) is 24.3 Å². The van der Waals surface area contributed by atoms with Crippen molar-refractivity contribution >= 4 is 6.03 Å². The maximum Gasteiger partial charge on any atom is 0.314 e. The first-order valence-corrected chi connectivity index (χ1v) is 7.65. The zero-order valence-electron chi connectivity index (χ0n) is 14.0. The molecule has 0 aliphatic heterocycles. The normalized spacial score (nSPS) is 12.6. The molecule has 0 saturated heterocycles. The third-order valence-corrected chi connectivity index (χ3v) is 3.52. The number of hydrogen-bond acceptors (Lipinski definition) is 3. The van der Waals surface area contributed by atoms with Gasteiger partial charge in [0.1, 0.15) is 5.75 Å². The molecular formula is C17H28N2O3. The van der Waals surface area contributed by atoms with E-state index < -0.39 is 6.10 Å². The lowest BCUT2D eigenvalue weighted by Crippen LogP contribution is -2.43. The maximum absolute atomic E-state index is 11.6. The van der Waals surface area contributed by atoms with Crippen LogP contribution in [0.2, 0.25) is 0 Å². The summed E-state index contributed by atoms with van der Waals surface area (Å²) in [5.74, 6) is 0.847. The van der Waals surface area contributed by atoms with Crippen molar-refractivity contribution in [1.29, 1.82) is 0 Å². The van der Waals surface area contributed by atoms with E-state index in [0.29, 0.717) is 6.54 Å². The number of ether oxygens (including phenoxy) is 1. The summed E-state index contributed by atoms with van der Waals surface area (Å²) in [5, 5.41) is 15.3. The maximum atomic E-state index is 11.6. The highest BCUT2D eigenvalue weighted by atomic mass is 16.5. The smallest absolute Gasteiger partial charge is 0.314 e. The molecule has 0 radical (unpaired) electrons. The molecule has 0 bridgehead atoms. The van der Waals surface area contributed by atoms with Gasteiger partial charge in [0.15, 0.2) is 0 Å². The van der Waals surface area contributed by atoms with Gasteiger partial charge in [-0.15, -0.1) is 0 Å². The fourth-order valence-electron chi connectivity index (χ4n) is 1.88. The Labute approximate surface area is 133 Å². The second kappa shape index (κ2) is 8.63. The second-order valence-electron chi connectivity index (χ2n) is 6.47. The molecule has 0 aliphatic carbocycles. The predicted molar refractivity (Wildman–Crippen MR) is 88.2 cm³/mol. The standard InChI is InChI=1S/C17H28N2O3/c1-17(2,3)15(20)12-19-16(21)18-10-6-8-13-7-5-9-14(11-13)22-4/h5,7,9,11,15,20H,6,8,10,12H2,1-4H3,(H2,18,19,21). The summed E-state index contributed by atoms with van der Waals surface area (Å²) in [6.45, 7) is 6.65. The Balaban J connectivity index is 2.20. The first kappa shape index (κ1) is 18.3. The monoisotopic (exact) mass is 308 g/mol. The molecule has 22 heavy (non-hydrogen) atoms. The van der Waals surface area contributed by atoms with Gasteiger partial charge in [0.05, 0.1) is 13.2 Å². The molecule has 2 amide bonds. The SMILES string of the molecule is COc1cccc(CCCNC(=O)NCC(O)C(C)(C)C)c1. The van der Waals surface area contributed by atoms with E-state index in [0.717, 1.165) is 18.6 Å². The van der Waals surface area contributed by atoms with E-state index in [2.05, 4.69) is 10.6 Å². The van der Waals surface area contributed by atoms with E-state index in [9.17, 15) is 9.90 Å². The minimum Gasteiger partial charge on any atom is -0.497 e.